The van der Waals surface area contributed by atoms with Gasteiger partial charge in [-0.1, -0.05) is 0 Å². The topological polar surface area (TPSA) is 17.3 Å². The molecule has 0 saturated heterocycles. The van der Waals surface area contributed by atoms with Crippen molar-refractivity contribution in [3.05, 3.63) is 22.3 Å². The Morgan fingerprint density at radius 3 is 2.73 bits per heavy atom. The number of nitrogens with zero attached hydrogens (tertiary/aromatic N) is 2. The van der Waals surface area contributed by atoms with Gasteiger partial charge in [-0.05, 0) is 35.0 Å². The van der Waals surface area contributed by atoms with Gasteiger partial charge in [0, 0.05) is 4.47 Å². The number of halogens is 1. The SMILES string of the molecule is Cc1nn2c3ccc(Br)c2c13. The summed E-state index contributed by atoms with van der Waals surface area (Å²) < 4.78 is 3.12. The molecule has 3 heteroatoms. The fourth-order valence-electron chi connectivity index (χ4n) is 1.67. The maximum Gasteiger partial charge on any atom is 0.0907 e. The summed E-state index contributed by atoms with van der Waals surface area (Å²) in [6.45, 7) is 2.04. The molecule has 0 aliphatic carbocycles. The minimum Gasteiger partial charge on any atom is -0.231 e. The summed E-state index contributed by atoms with van der Waals surface area (Å²) in [4.78, 5) is 0. The van der Waals surface area contributed by atoms with Gasteiger partial charge >= 0.3 is 0 Å². The summed E-state index contributed by atoms with van der Waals surface area (Å²) in [5, 5.41) is 5.65. The van der Waals surface area contributed by atoms with E-state index in [1.54, 1.807) is 0 Å². The van der Waals surface area contributed by atoms with Gasteiger partial charge in [0.1, 0.15) is 0 Å². The molecule has 54 valence electrons. The van der Waals surface area contributed by atoms with Crippen molar-refractivity contribution < 1.29 is 0 Å². The number of aryl methyl sites for hydroxylation is 1. The van der Waals surface area contributed by atoms with Crippen LogP contribution in [0.4, 0.5) is 0 Å². The largest absolute Gasteiger partial charge is 0.231 e. The van der Waals surface area contributed by atoms with E-state index in [0.29, 0.717) is 0 Å². The Labute approximate surface area is 71.6 Å². The minimum atomic E-state index is 1.14. The summed E-state index contributed by atoms with van der Waals surface area (Å²) in [5.74, 6) is 0. The monoisotopic (exact) mass is 208 g/mol. The third kappa shape index (κ3) is 0.456. The first-order valence-electron chi connectivity index (χ1n) is 3.47. The molecule has 4 aromatic heterocycles. The summed E-state index contributed by atoms with van der Waals surface area (Å²) in [7, 11) is 0. The fourth-order valence-corrected chi connectivity index (χ4v) is 2.17. The van der Waals surface area contributed by atoms with Crippen molar-refractivity contribution in [2.24, 2.45) is 0 Å². The van der Waals surface area contributed by atoms with Crippen LogP contribution in [0, 0.1) is 6.92 Å². The second-order valence-corrected chi connectivity index (χ2v) is 3.64. The molecule has 2 nitrogen and oxygen atoms in total. The summed E-state index contributed by atoms with van der Waals surface area (Å²) in [6.07, 6.45) is 0. The normalized spacial score (nSPS) is 12.5. The van der Waals surface area contributed by atoms with Crippen molar-refractivity contribution in [1.29, 1.82) is 0 Å². The average Bonchev–Trinajstić information content (AvgIpc) is 2.43. The molecule has 0 aromatic carbocycles. The predicted molar refractivity (Wildman–Crippen MR) is 47.5 cm³/mol. The van der Waals surface area contributed by atoms with Crippen molar-refractivity contribution in [3.8, 4) is 0 Å². The number of hydrogen-bond donors (Lipinski definition) is 0. The summed E-state index contributed by atoms with van der Waals surface area (Å²) in [6, 6.07) is 4.16. The average molecular weight is 209 g/mol. The second kappa shape index (κ2) is 1.50. The smallest absolute Gasteiger partial charge is 0.0907 e. The zero-order valence-electron chi connectivity index (χ0n) is 5.93. The number of pyridine rings is 1. The second-order valence-electron chi connectivity index (χ2n) is 2.79. The van der Waals surface area contributed by atoms with Crippen LogP contribution >= 0.6 is 15.9 Å². The Bertz CT molecular complexity index is 511. The highest BCUT2D eigenvalue weighted by molar-refractivity contribution is 9.10. The first-order valence-corrected chi connectivity index (χ1v) is 4.26. The van der Waals surface area contributed by atoms with Crippen LogP contribution in [0.2, 0.25) is 0 Å². The Morgan fingerprint density at radius 2 is 2.27 bits per heavy atom. The van der Waals surface area contributed by atoms with Gasteiger partial charge in [-0.3, -0.25) is 0 Å². The van der Waals surface area contributed by atoms with E-state index in [9.17, 15) is 0 Å². The van der Waals surface area contributed by atoms with Crippen LogP contribution < -0.4 is 0 Å². The van der Waals surface area contributed by atoms with E-state index in [1.807, 2.05) is 11.4 Å². The minimum absolute atomic E-state index is 1.14. The lowest BCUT2D eigenvalue weighted by Gasteiger charge is -2.06. The van der Waals surface area contributed by atoms with E-state index in [1.165, 1.54) is 16.4 Å². The van der Waals surface area contributed by atoms with Crippen LogP contribution in [0.5, 0.6) is 0 Å². The molecule has 0 atom stereocenters. The highest BCUT2D eigenvalue weighted by Crippen LogP contribution is 2.36. The van der Waals surface area contributed by atoms with Crippen LogP contribution in [0.15, 0.2) is 16.6 Å². The van der Waals surface area contributed by atoms with E-state index >= 15 is 0 Å². The zero-order valence-corrected chi connectivity index (χ0v) is 7.51. The molecule has 0 amide bonds. The molecule has 0 aliphatic heterocycles. The maximum atomic E-state index is 4.33. The van der Waals surface area contributed by atoms with Crippen molar-refractivity contribution >= 4 is 32.3 Å². The van der Waals surface area contributed by atoms with Crippen LogP contribution in [0.25, 0.3) is 16.4 Å². The van der Waals surface area contributed by atoms with Crippen LogP contribution in [0.3, 0.4) is 0 Å². The molecule has 0 fully saturated rings. The lowest BCUT2D eigenvalue weighted by molar-refractivity contribution is 0.978. The molecule has 0 spiro atoms. The lowest BCUT2D eigenvalue weighted by atomic mass is 10.1. The fraction of sp³-hybridized carbons (Fsp3) is 0.125. The molecule has 4 bridgehead atoms. The molecule has 0 aliphatic rings. The van der Waals surface area contributed by atoms with E-state index in [2.05, 4.69) is 33.2 Å². The zero-order chi connectivity index (χ0) is 7.59. The molecule has 0 N–H and O–H groups in total. The van der Waals surface area contributed by atoms with E-state index in [-0.39, 0.29) is 0 Å². The third-order valence-corrected chi connectivity index (χ3v) is 2.80. The van der Waals surface area contributed by atoms with Gasteiger partial charge in [-0.25, -0.2) is 4.52 Å². The Hall–Kier alpha value is -0.830. The van der Waals surface area contributed by atoms with Crippen molar-refractivity contribution in [2.75, 3.05) is 0 Å². The van der Waals surface area contributed by atoms with Crippen LogP contribution in [0.1, 0.15) is 5.69 Å². The van der Waals surface area contributed by atoms with Gasteiger partial charge in [0.15, 0.2) is 0 Å². The third-order valence-electron chi connectivity index (χ3n) is 2.16. The molecular formula is C8H5BrN2. The molecule has 0 radical (unpaired) electrons. The number of hydrogen-bond acceptors (Lipinski definition) is 1. The molecule has 0 saturated carbocycles. The Balaban J connectivity index is 2.72. The van der Waals surface area contributed by atoms with Crippen LogP contribution in [-0.4, -0.2) is 9.61 Å². The van der Waals surface area contributed by atoms with Gasteiger partial charge in [-0.2, -0.15) is 5.10 Å². The molecule has 4 heterocycles. The van der Waals surface area contributed by atoms with Crippen molar-refractivity contribution in [1.82, 2.24) is 9.61 Å². The number of rotatable bonds is 0. The van der Waals surface area contributed by atoms with Gasteiger partial charge in [0.05, 0.1) is 22.1 Å². The quantitative estimate of drug-likeness (QED) is 0.555. The van der Waals surface area contributed by atoms with Gasteiger partial charge < -0.3 is 0 Å². The van der Waals surface area contributed by atoms with Gasteiger partial charge in [0.25, 0.3) is 0 Å². The Kier molecular flexibility index (Phi) is 0.790. The van der Waals surface area contributed by atoms with E-state index < -0.39 is 0 Å². The van der Waals surface area contributed by atoms with E-state index in [4.69, 9.17) is 0 Å². The number of benzene rings is 1. The summed E-state index contributed by atoms with van der Waals surface area (Å²) in [5.41, 5.74) is 3.62. The first kappa shape index (κ1) is 5.77. The van der Waals surface area contributed by atoms with Crippen molar-refractivity contribution in [2.45, 2.75) is 6.92 Å². The lowest BCUT2D eigenvalue weighted by Crippen LogP contribution is -1.93. The Morgan fingerprint density at radius 1 is 1.45 bits per heavy atom. The molecule has 4 aromatic rings. The van der Waals surface area contributed by atoms with E-state index in [0.717, 1.165) is 10.2 Å². The highest BCUT2D eigenvalue weighted by Gasteiger charge is 2.19. The molecular weight excluding hydrogens is 204 g/mol. The molecule has 4 rings (SSSR count). The standard InChI is InChI=1S/C8H5BrN2/c1-4-7-6-3-2-5(9)8(7)11(6)10-4/h2-3H,1H3. The molecule has 0 unspecified atom stereocenters. The highest BCUT2D eigenvalue weighted by atomic mass is 79.9. The maximum absolute atomic E-state index is 4.33. The first-order chi connectivity index (χ1) is 5.29. The van der Waals surface area contributed by atoms with Gasteiger partial charge in [-0.15, -0.1) is 0 Å². The van der Waals surface area contributed by atoms with Crippen LogP contribution in [-0.2, 0) is 0 Å². The molecule has 11 heavy (non-hydrogen) atoms. The summed E-state index contributed by atoms with van der Waals surface area (Å²) >= 11 is 3.48. The number of aromatic nitrogens is 2. The van der Waals surface area contributed by atoms with Crippen molar-refractivity contribution in [3.63, 3.8) is 0 Å². The number of fused-ring (bicyclic) bond motifs is 1. The van der Waals surface area contributed by atoms with Gasteiger partial charge in [0.2, 0.25) is 0 Å². The predicted octanol–water partition coefficient (Wildman–Crippen LogP) is 2.43.